The van der Waals surface area contributed by atoms with Crippen molar-refractivity contribution < 1.29 is 33.3 Å². The molecule has 0 saturated carbocycles. The molecular weight excluding hydrogens is 400 g/mol. The minimum Gasteiger partial charge on any atom is -0.490 e. The van der Waals surface area contributed by atoms with Crippen LogP contribution in [0.1, 0.15) is 38.8 Å². The van der Waals surface area contributed by atoms with E-state index in [2.05, 4.69) is 0 Å². The lowest BCUT2D eigenvalue weighted by Gasteiger charge is -2.12. The lowest BCUT2D eigenvalue weighted by molar-refractivity contribution is -0.132. The van der Waals surface area contributed by atoms with Crippen molar-refractivity contribution in [1.82, 2.24) is 0 Å². The smallest absolute Gasteiger partial charge is 0.308 e. The van der Waals surface area contributed by atoms with E-state index in [0.29, 0.717) is 62.3 Å². The zero-order valence-electron chi connectivity index (χ0n) is 18.6. The number of rotatable bonds is 12. The topological polar surface area (TPSA) is 80.3 Å². The Bertz CT molecular complexity index is 805. The second kappa shape index (κ2) is 12.6. The van der Waals surface area contributed by atoms with Crippen LogP contribution in [0.25, 0.3) is 0 Å². The molecule has 0 unspecified atom stereocenters. The number of benzene rings is 2. The van der Waals surface area contributed by atoms with Gasteiger partial charge in [0.1, 0.15) is 0 Å². The van der Waals surface area contributed by atoms with Crippen molar-refractivity contribution in [3.63, 3.8) is 0 Å². The Morgan fingerprint density at radius 1 is 0.677 bits per heavy atom. The zero-order valence-corrected chi connectivity index (χ0v) is 18.6. The molecule has 0 amide bonds. The molecule has 0 bridgehead atoms. The molecule has 0 atom stereocenters. The van der Waals surface area contributed by atoms with E-state index in [1.807, 2.05) is 38.1 Å². The second-order valence-electron chi connectivity index (χ2n) is 6.73. The number of esters is 2. The van der Waals surface area contributed by atoms with E-state index >= 15 is 0 Å². The van der Waals surface area contributed by atoms with Gasteiger partial charge in [-0.1, -0.05) is 12.1 Å². The summed E-state index contributed by atoms with van der Waals surface area (Å²) in [5, 5.41) is 0. The van der Waals surface area contributed by atoms with Crippen molar-refractivity contribution in [2.75, 3.05) is 26.4 Å². The summed E-state index contributed by atoms with van der Waals surface area (Å²) in [6.45, 7) is 8.52. The predicted molar refractivity (Wildman–Crippen MR) is 116 cm³/mol. The molecule has 0 aliphatic heterocycles. The molecule has 31 heavy (non-hydrogen) atoms. The predicted octanol–water partition coefficient (Wildman–Crippen LogP) is 4.14. The summed E-state index contributed by atoms with van der Waals surface area (Å²) >= 11 is 0. The Morgan fingerprint density at radius 2 is 1.10 bits per heavy atom. The van der Waals surface area contributed by atoms with Crippen LogP contribution in [0.4, 0.5) is 0 Å². The summed E-state index contributed by atoms with van der Waals surface area (Å²) in [4.78, 5) is 22.4. The largest absolute Gasteiger partial charge is 0.490 e. The highest BCUT2D eigenvalue weighted by atomic mass is 16.6. The van der Waals surface area contributed by atoms with Gasteiger partial charge in [-0.15, -0.1) is 0 Å². The van der Waals surface area contributed by atoms with Crippen molar-refractivity contribution in [3.05, 3.63) is 47.5 Å². The molecule has 0 saturated heterocycles. The van der Waals surface area contributed by atoms with Crippen LogP contribution in [0.15, 0.2) is 36.4 Å². The fourth-order valence-corrected chi connectivity index (χ4v) is 2.91. The van der Waals surface area contributed by atoms with Crippen LogP contribution in [0.5, 0.6) is 23.0 Å². The van der Waals surface area contributed by atoms with Crippen LogP contribution in [-0.2, 0) is 27.2 Å². The Kier molecular flexibility index (Phi) is 9.84. The standard InChI is InChI=1S/C24H30O7/c1-5-28-23-15-19(7-9-21(23)30-17(3)25)11-13-27-14-12-20-8-10-22(31-18(4)26)24(16-20)29-6-2/h7-10,15-16H,5-6,11-14H2,1-4H3. The summed E-state index contributed by atoms with van der Waals surface area (Å²) < 4.78 is 27.2. The van der Waals surface area contributed by atoms with E-state index in [-0.39, 0.29) is 11.9 Å². The van der Waals surface area contributed by atoms with Crippen molar-refractivity contribution in [2.24, 2.45) is 0 Å². The van der Waals surface area contributed by atoms with E-state index in [4.69, 9.17) is 23.7 Å². The third-order valence-electron chi connectivity index (χ3n) is 4.19. The molecule has 2 aromatic carbocycles. The third kappa shape index (κ3) is 8.30. The van der Waals surface area contributed by atoms with Gasteiger partial charge >= 0.3 is 11.9 Å². The van der Waals surface area contributed by atoms with Crippen molar-refractivity contribution in [1.29, 1.82) is 0 Å². The van der Waals surface area contributed by atoms with Crippen LogP contribution in [-0.4, -0.2) is 38.4 Å². The van der Waals surface area contributed by atoms with E-state index < -0.39 is 0 Å². The highest BCUT2D eigenvalue weighted by molar-refractivity contribution is 5.71. The second-order valence-corrected chi connectivity index (χ2v) is 6.73. The summed E-state index contributed by atoms with van der Waals surface area (Å²) in [6.07, 6.45) is 1.41. The van der Waals surface area contributed by atoms with E-state index in [1.54, 1.807) is 12.1 Å². The Labute approximate surface area is 183 Å². The summed E-state index contributed by atoms with van der Waals surface area (Å²) in [7, 11) is 0. The number of carbonyl (C=O) groups excluding carboxylic acids is 2. The van der Waals surface area contributed by atoms with Crippen LogP contribution >= 0.6 is 0 Å². The van der Waals surface area contributed by atoms with Gasteiger partial charge in [0.25, 0.3) is 0 Å². The van der Waals surface area contributed by atoms with E-state index in [9.17, 15) is 9.59 Å². The maximum atomic E-state index is 11.2. The van der Waals surface area contributed by atoms with Crippen LogP contribution < -0.4 is 18.9 Å². The number of hydrogen-bond donors (Lipinski definition) is 0. The Morgan fingerprint density at radius 3 is 1.45 bits per heavy atom. The molecule has 0 fully saturated rings. The minimum atomic E-state index is -0.384. The normalized spacial score (nSPS) is 10.5. The molecular formula is C24H30O7. The lowest BCUT2D eigenvalue weighted by atomic mass is 10.1. The molecule has 168 valence electrons. The summed E-state index contributed by atoms with van der Waals surface area (Å²) in [5.41, 5.74) is 2.06. The molecule has 0 radical (unpaired) electrons. The number of carbonyl (C=O) groups is 2. The monoisotopic (exact) mass is 430 g/mol. The Balaban J connectivity index is 1.86. The lowest BCUT2D eigenvalue weighted by Crippen LogP contribution is -2.07. The van der Waals surface area contributed by atoms with Gasteiger partial charge in [0.05, 0.1) is 26.4 Å². The van der Waals surface area contributed by atoms with Crippen LogP contribution in [0, 0.1) is 0 Å². The van der Waals surface area contributed by atoms with E-state index in [0.717, 1.165) is 11.1 Å². The molecule has 2 rings (SSSR count). The molecule has 0 aliphatic rings. The van der Waals surface area contributed by atoms with Crippen molar-refractivity contribution >= 4 is 11.9 Å². The van der Waals surface area contributed by atoms with Gasteiger partial charge in [0.2, 0.25) is 0 Å². The molecule has 2 aromatic rings. The highest BCUT2D eigenvalue weighted by Gasteiger charge is 2.10. The maximum Gasteiger partial charge on any atom is 0.308 e. The molecule has 0 heterocycles. The van der Waals surface area contributed by atoms with Crippen molar-refractivity contribution in [3.8, 4) is 23.0 Å². The average molecular weight is 430 g/mol. The molecule has 7 heteroatoms. The number of ether oxygens (including phenoxy) is 5. The van der Waals surface area contributed by atoms with Gasteiger partial charge in [0, 0.05) is 13.8 Å². The number of hydrogen-bond acceptors (Lipinski definition) is 7. The fourth-order valence-electron chi connectivity index (χ4n) is 2.91. The average Bonchev–Trinajstić information content (AvgIpc) is 2.71. The third-order valence-corrected chi connectivity index (χ3v) is 4.19. The van der Waals surface area contributed by atoms with Crippen molar-refractivity contribution in [2.45, 2.75) is 40.5 Å². The van der Waals surface area contributed by atoms with E-state index in [1.165, 1.54) is 13.8 Å². The minimum absolute atomic E-state index is 0.384. The molecule has 0 N–H and O–H groups in total. The quantitative estimate of drug-likeness (QED) is 0.284. The van der Waals surface area contributed by atoms with Gasteiger partial charge in [0.15, 0.2) is 23.0 Å². The van der Waals surface area contributed by atoms with Gasteiger partial charge in [-0.2, -0.15) is 0 Å². The van der Waals surface area contributed by atoms with Gasteiger partial charge in [-0.3, -0.25) is 9.59 Å². The first-order valence-electron chi connectivity index (χ1n) is 10.4. The zero-order chi connectivity index (χ0) is 22.6. The molecule has 7 nitrogen and oxygen atoms in total. The Hall–Kier alpha value is -3.06. The van der Waals surface area contributed by atoms with Crippen LogP contribution in [0.2, 0.25) is 0 Å². The first-order valence-corrected chi connectivity index (χ1v) is 10.4. The molecule has 0 aromatic heterocycles. The van der Waals surface area contributed by atoms with Gasteiger partial charge in [-0.25, -0.2) is 0 Å². The fraction of sp³-hybridized carbons (Fsp3) is 0.417. The molecule has 0 spiro atoms. The van der Waals surface area contributed by atoms with Gasteiger partial charge in [-0.05, 0) is 62.1 Å². The first-order chi connectivity index (χ1) is 14.9. The van der Waals surface area contributed by atoms with Gasteiger partial charge < -0.3 is 23.7 Å². The summed E-state index contributed by atoms with van der Waals surface area (Å²) in [5.74, 6) is 1.16. The maximum absolute atomic E-state index is 11.2. The SMILES string of the molecule is CCOc1cc(CCOCCc2ccc(OC(C)=O)c(OCC)c2)ccc1OC(C)=O. The summed E-state index contributed by atoms with van der Waals surface area (Å²) in [6, 6.07) is 11.0. The van der Waals surface area contributed by atoms with Crippen LogP contribution in [0.3, 0.4) is 0 Å². The first kappa shape index (κ1) is 24.2. The highest BCUT2D eigenvalue weighted by Crippen LogP contribution is 2.30. The molecule has 0 aliphatic carbocycles.